The number of allylic oxidation sites excluding steroid dienone is 3. The highest BCUT2D eigenvalue weighted by atomic mass is 16.5. The molecule has 0 bridgehead atoms. The van der Waals surface area contributed by atoms with Gasteiger partial charge in [0, 0.05) is 12.5 Å². The van der Waals surface area contributed by atoms with Gasteiger partial charge < -0.3 is 14.6 Å². The van der Waals surface area contributed by atoms with Crippen LogP contribution in [0, 0.1) is 11.3 Å². The van der Waals surface area contributed by atoms with E-state index < -0.39 is 5.97 Å². The van der Waals surface area contributed by atoms with Crippen LogP contribution >= 0.6 is 0 Å². The van der Waals surface area contributed by atoms with Crippen molar-refractivity contribution in [2.45, 2.75) is 77.2 Å². The van der Waals surface area contributed by atoms with Crippen molar-refractivity contribution in [3.05, 3.63) is 35.6 Å². The van der Waals surface area contributed by atoms with E-state index in [2.05, 4.69) is 18.2 Å². The minimum Gasteiger partial charge on any atom is -0.490 e. The van der Waals surface area contributed by atoms with Crippen molar-refractivity contribution in [2.24, 2.45) is 11.3 Å². The monoisotopic (exact) mass is 374 g/mol. The molecule has 0 saturated heterocycles. The zero-order valence-corrected chi connectivity index (χ0v) is 16.6. The Labute approximate surface area is 163 Å². The molecule has 27 heavy (non-hydrogen) atoms. The molecule has 0 aromatic rings. The van der Waals surface area contributed by atoms with E-state index >= 15 is 0 Å². The van der Waals surface area contributed by atoms with Crippen molar-refractivity contribution in [1.82, 2.24) is 0 Å². The maximum atomic E-state index is 11.0. The maximum Gasteiger partial charge on any atom is 0.306 e. The Morgan fingerprint density at radius 1 is 1.26 bits per heavy atom. The van der Waals surface area contributed by atoms with Gasteiger partial charge in [-0.25, -0.2) is 0 Å². The van der Waals surface area contributed by atoms with Gasteiger partial charge in [0.1, 0.15) is 12.4 Å². The predicted octanol–water partition coefficient (Wildman–Crippen LogP) is 5.40. The van der Waals surface area contributed by atoms with E-state index in [1.165, 1.54) is 50.5 Å². The first-order valence-electron chi connectivity index (χ1n) is 10.7. The van der Waals surface area contributed by atoms with Crippen LogP contribution in [-0.2, 0) is 14.3 Å². The highest BCUT2D eigenvalue weighted by Gasteiger charge is 2.32. The standard InChI is InChI=1S/C23H34O4/c1-2-26-21(15-22(24)25)19-8-10-20(11-9-19)27-17-18-7-6-14-23(16-18)12-4-3-5-13-23/h8,10-11,16,19,21H,2-7,9,12-15,17H2,1H3,(H,24,25). The van der Waals surface area contributed by atoms with Crippen molar-refractivity contribution in [3.8, 4) is 0 Å². The van der Waals surface area contributed by atoms with Gasteiger partial charge in [-0.1, -0.05) is 31.4 Å². The predicted molar refractivity (Wildman–Crippen MR) is 106 cm³/mol. The third kappa shape index (κ3) is 5.71. The number of hydrogen-bond donors (Lipinski definition) is 1. The van der Waals surface area contributed by atoms with Gasteiger partial charge in [0.2, 0.25) is 0 Å². The van der Waals surface area contributed by atoms with Crippen LogP contribution in [0.4, 0.5) is 0 Å². The summed E-state index contributed by atoms with van der Waals surface area (Å²) in [6.45, 7) is 3.13. The Morgan fingerprint density at radius 3 is 2.70 bits per heavy atom. The second-order valence-electron chi connectivity index (χ2n) is 8.32. The van der Waals surface area contributed by atoms with Crippen molar-refractivity contribution in [1.29, 1.82) is 0 Å². The molecule has 2 atom stereocenters. The average Bonchev–Trinajstić information content (AvgIpc) is 2.67. The Bertz CT molecular complexity index is 595. The lowest BCUT2D eigenvalue weighted by Gasteiger charge is -2.38. The van der Waals surface area contributed by atoms with Crippen LogP contribution in [-0.4, -0.2) is 30.4 Å². The summed E-state index contributed by atoms with van der Waals surface area (Å²) in [4.78, 5) is 11.0. The molecule has 4 heteroatoms. The fraction of sp³-hybridized carbons (Fsp3) is 0.696. The Hall–Kier alpha value is -1.55. The molecule has 1 spiro atoms. The summed E-state index contributed by atoms with van der Waals surface area (Å²) in [6, 6.07) is 0. The van der Waals surface area contributed by atoms with E-state index in [0.717, 1.165) is 18.6 Å². The zero-order chi connectivity index (χ0) is 19.1. The minimum absolute atomic E-state index is 0.0435. The van der Waals surface area contributed by atoms with Crippen molar-refractivity contribution >= 4 is 5.97 Å². The van der Waals surface area contributed by atoms with Crippen molar-refractivity contribution in [3.63, 3.8) is 0 Å². The lowest BCUT2D eigenvalue weighted by molar-refractivity contribution is -0.140. The third-order valence-electron chi connectivity index (χ3n) is 6.29. The van der Waals surface area contributed by atoms with E-state index in [1.807, 2.05) is 13.0 Å². The highest BCUT2D eigenvalue weighted by Crippen LogP contribution is 2.45. The van der Waals surface area contributed by atoms with Crippen LogP contribution in [0.5, 0.6) is 0 Å². The molecular formula is C23H34O4. The summed E-state index contributed by atoms with van der Waals surface area (Å²) < 4.78 is 11.7. The highest BCUT2D eigenvalue weighted by molar-refractivity contribution is 5.67. The normalized spacial score (nSPS) is 25.6. The molecule has 4 nitrogen and oxygen atoms in total. The molecule has 0 heterocycles. The molecule has 0 aliphatic heterocycles. The number of carbonyl (C=O) groups is 1. The fourth-order valence-electron chi connectivity index (χ4n) is 4.91. The van der Waals surface area contributed by atoms with E-state index in [9.17, 15) is 4.79 Å². The molecule has 0 amide bonds. The molecule has 3 rings (SSSR count). The average molecular weight is 375 g/mol. The molecule has 0 radical (unpaired) electrons. The molecule has 0 aromatic carbocycles. The molecule has 1 fully saturated rings. The third-order valence-corrected chi connectivity index (χ3v) is 6.29. The molecule has 0 aromatic heterocycles. The molecular weight excluding hydrogens is 340 g/mol. The molecule has 3 aliphatic carbocycles. The topological polar surface area (TPSA) is 55.8 Å². The van der Waals surface area contributed by atoms with Gasteiger partial charge in [-0.05, 0) is 68.6 Å². The lowest BCUT2D eigenvalue weighted by Crippen LogP contribution is -2.27. The van der Waals surface area contributed by atoms with Gasteiger partial charge in [-0.2, -0.15) is 0 Å². The van der Waals surface area contributed by atoms with E-state index in [4.69, 9.17) is 14.6 Å². The largest absolute Gasteiger partial charge is 0.490 e. The van der Waals surface area contributed by atoms with Gasteiger partial charge in [0.05, 0.1) is 12.5 Å². The molecule has 1 N–H and O–H groups in total. The molecule has 3 aliphatic rings. The Kier molecular flexibility index (Phi) is 7.17. The van der Waals surface area contributed by atoms with Gasteiger partial charge in [-0.3, -0.25) is 4.79 Å². The van der Waals surface area contributed by atoms with Crippen molar-refractivity contribution < 1.29 is 19.4 Å². The van der Waals surface area contributed by atoms with Gasteiger partial charge in [0.25, 0.3) is 0 Å². The van der Waals surface area contributed by atoms with Crippen LogP contribution in [0.25, 0.3) is 0 Å². The number of carboxylic acids is 1. The number of carboxylic acid groups (broad SMARTS) is 1. The molecule has 150 valence electrons. The first-order chi connectivity index (χ1) is 13.1. The second kappa shape index (κ2) is 9.59. The summed E-state index contributed by atoms with van der Waals surface area (Å²) in [5.41, 5.74) is 1.91. The maximum absolute atomic E-state index is 11.0. The van der Waals surface area contributed by atoms with Crippen LogP contribution in [0.3, 0.4) is 0 Å². The quantitative estimate of drug-likeness (QED) is 0.578. The van der Waals surface area contributed by atoms with Crippen LogP contribution in [0.15, 0.2) is 35.6 Å². The van der Waals surface area contributed by atoms with Crippen LogP contribution in [0.1, 0.15) is 71.1 Å². The number of hydrogen-bond acceptors (Lipinski definition) is 3. The lowest BCUT2D eigenvalue weighted by atomic mass is 9.67. The van der Waals surface area contributed by atoms with Crippen molar-refractivity contribution in [2.75, 3.05) is 13.2 Å². The van der Waals surface area contributed by atoms with E-state index in [1.54, 1.807) is 0 Å². The summed E-state index contributed by atoms with van der Waals surface area (Å²) in [5, 5.41) is 9.08. The van der Waals surface area contributed by atoms with E-state index in [-0.39, 0.29) is 18.4 Å². The summed E-state index contributed by atoms with van der Waals surface area (Å²) in [5.74, 6) is 0.197. The first kappa shape index (κ1) is 20.2. The van der Waals surface area contributed by atoms with Crippen LogP contribution in [0.2, 0.25) is 0 Å². The van der Waals surface area contributed by atoms with E-state index in [0.29, 0.717) is 18.6 Å². The first-order valence-corrected chi connectivity index (χ1v) is 10.7. The number of rotatable bonds is 8. The Morgan fingerprint density at radius 2 is 2.04 bits per heavy atom. The smallest absolute Gasteiger partial charge is 0.306 e. The minimum atomic E-state index is -0.811. The SMILES string of the molecule is CCOC(CC(=O)O)C1C=CC(OCC2=CC3(CCCCC3)CCC2)=CC1. The molecule has 2 unspecified atom stereocenters. The van der Waals surface area contributed by atoms with Gasteiger partial charge in [0.15, 0.2) is 0 Å². The summed E-state index contributed by atoms with van der Waals surface area (Å²) in [6.07, 6.45) is 19.8. The second-order valence-corrected chi connectivity index (χ2v) is 8.32. The van der Waals surface area contributed by atoms with Gasteiger partial charge in [-0.15, -0.1) is 0 Å². The summed E-state index contributed by atoms with van der Waals surface area (Å²) in [7, 11) is 0. The Balaban J connectivity index is 1.51. The fourth-order valence-corrected chi connectivity index (χ4v) is 4.91. The zero-order valence-electron chi connectivity index (χ0n) is 16.6. The van der Waals surface area contributed by atoms with Crippen LogP contribution < -0.4 is 0 Å². The summed E-state index contributed by atoms with van der Waals surface area (Å²) >= 11 is 0. The number of ether oxygens (including phenoxy) is 2. The van der Waals surface area contributed by atoms with Gasteiger partial charge >= 0.3 is 5.97 Å². The molecule has 1 saturated carbocycles. The number of aliphatic carboxylic acids is 1.